The fraction of sp³-hybridized carbons (Fsp3) is 0.355. The highest BCUT2D eigenvalue weighted by molar-refractivity contribution is 5.78. The Morgan fingerprint density at radius 3 is 1.03 bits per heavy atom. The van der Waals surface area contributed by atoms with Gasteiger partial charge in [0.2, 0.25) is 0 Å². The van der Waals surface area contributed by atoms with Crippen molar-refractivity contribution in [2.24, 2.45) is 11.8 Å². The molecule has 0 unspecified atom stereocenters. The van der Waals surface area contributed by atoms with Crippen LogP contribution in [0.5, 0.6) is 0 Å². The van der Waals surface area contributed by atoms with Crippen molar-refractivity contribution in [1.82, 2.24) is 0 Å². The van der Waals surface area contributed by atoms with Gasteiger partial charge in [0.1, 0.15) is 5.78 Å². The molecule has 0 radical (unpaired) electrons. The van der Waals surface area contributed by atoms with Gasteiger partial charge in [0.25, 0.3) is 0 Å². The van der Waals surface area contributed by atoms with Gasteiger partial charge in [-0.2, -0.15) is 0 Å². The number of rotatable bonds is 6. The number of ketones is 1. The van der Waals surface area contributed by atoms with Crippen LogP contribution in [0.25, 0.3) is 22.3 Å². The number of aliphatic carboxylic acids is 1. The summed E-state index contributed by atoms with van der Waals surface area (Å²) in [6.07, 6.45) is 0.510. The summed E-state index contributed by atoms with van der Waals surface area (Å²) >= 11 is 0. The Labute approximate surface area is 205 Å². The van der Waals surface area contributed by atoms with Gasteiger partial charge >= 0.3 is 5.97 Å². The monoisotopic (exact) mass is 460 g/mol. The minimum absolute atomic E-state index is 0.0405. The Balaban J connectivity index is 0.000000629. The normalized spacial score (nSPS) is 10.1. The number of carbonyl (C=O) groups is 2. The third-order valence-corrected chi connectivity index (χ3v) is 4.27. The summed E-state index contributed by atoms with van der Waals surface area (Å²) < 4.78 is 0. The fourth-order valence-electron chi connectivity index (χ4n) is 2.95. The van der Waals surface area contributed by atoms with Crippen LogP contribution in [0.4, 0.5) is 0 Å². The lowest BCUT2D eigenvalue weighted by Crippen LogP contribution is -1.99. The van der Waals surface area contributed by atoms with E-state index in [-0.39, 0.29) is 12.2 Å². The fourth-order valence-corrected chi connectivity index (χ4v) is 2.95. The Morgan fingerprint density at radius 1 is 0.559 bits per heavy atom. The van der Waals surface area contributed by atoms with Crippen LogP contribution in [0.3, 0.4) is 0 Å². The molecule has 1 N–H and O–H groups in total. The lowest BCUT2D eigenvalue weighted by atomic mass is 9.98. The second kappa shape index (κ2) is 14.8. The summed E-state index contributed by atoms with van der Waals surface area (Å²) in [5, 5.41) is 8.84. The first-order chi connectivity index (χ1) is 16.0. The summed E-state index contributed by atoms with van der Waals surface area (Å²) in [6, 6.07) is 23.9. The Bertz CT molecular complexity index is 906. The summed E-state index contributed by atoms with van der Waals surface area (Å²) in [4.78, 5) is 21.9. The van der Waals surface area contributed by atoms with Gasteiger partial charge in [-0.3, -0.25) is 9.59 Å². The Hall–Kier alpha value is -3.20. The van der Waals surface area contributed by atoms with Gasteiger partial charge in [0, 0.05) is 6.42 Å². The molecule has 0 aliphatic carbocycles. The van der Waals surface area contributed by atoms with E-state index in [9.17, 15) is 9.59 Å². The summed E-state index contributed by atoms with van der Waals surface area (Å²) in [5.41, 5.74) is 6.19. The number of benzene rings is 3. The SMILES string of the molecule is CC(=O)Cc1ccc(-c2ccc(-c3ccc(CC(=O)O)cc3)cc2)cc1.CC(C)C.CC(C)C. The summed E-state index contributed by atoms with van der Waals surface area (Å²) in [5.74, 6) is 1.01. The third kappa shape index (κ3) is 12.2. The van der Waals surface area contributed by atoms with E-state index < -0.39 is 5.97 Å². The van der Waals surface area contributed by atoms with E-state index in [1.807, 2.05) is 48.5 Å². The van der Waals surface area contributed by atoms with Crippen LogP contribution in [0.2, 0.25) is 0 Å². The van der Waals surface area contributed by atoms with Crippen LogP contribution in [-0.4, -0.2) is 16.9 Å². The van der Waals surface area contributed by atoms with Gasteiger partial charge in [0.05, 0.1) is 6.42 Å². The lowest BCUT2D eigenvalue weighted by Gasteiger charge is -2.07. The van der Waals surface area contributed by atoms with Crippen LogP contribution in [0, 0.1) is 11.8 Å². The maximum absolute atomic E-state index is 11.2. The second-order valence-corrected chi connectivity index (χ2v) is 9.88. The minimum atomic E-state index is -0.823. The zero-order valence-corrected chi connectivity index (χ0v) is 21.8. The molecule has 0 saturated carbocycles. The van der Waals surface area contributed by atoms with Gasteiger partial charge in [-0.25, -0.2) is 0 Å². The van der Waals surface area contributed by atoms with Crippen molar-refractivity contribution in [3.63, 3.8) is 0 Å². The van der Waals surface area contributed by atoms with E-state index in [1.54, 1.807) is 6.92 Å². The van der Waals surface area contributed by atoms with Crippen molar-refractivity contribution < 1.29 is 14.7 Å². The van der Waals surface area contributed by atoms with Crippen LogP contribution in [0.15, 0.2) is 72.8 Å². The number of Topliss-reactive ketones (excluding diaryl/α,β-unsaturated/α-hetero) is 1. The average Bonchev–Trinajstić information content (AvgIpc) is 2.73. The smallest absolute Gasteiger partial charge is 0.307 e. The standard InChI is InChI=1S/C23H20O3.2C4H10/c1-16(24)14-17-2-6-19(7-3-17)21-10-12-22(13-11-21)20-8-4-18(5-9-20)15-23(25)26;2*1-4(2)3/h2-13H,14-15H2,1H3,(H,25,26);2*4H,1-3H3. The molecule has 0 bridgehead atoms. The van der Waals surface area contributed by atoms with Crippen molar-refractivity contribution in [1.29, 1.82) is 0 Å². The molecule has 0 spiro atoms. The highest BCUT2D eigenvalue weighted by Crippen LogP contribution is 2.25. The van der Waals surface area contributed by atoms with E-state index in [0.29, 0.717) is 6.42 Å². The number of carboxylic acid groups (broad SMARTS) is 1. The summed E-state index contributed by atoms with van der Waals surface area (Å²) in [6.45, 7) is 14.6. The molecule has 3 heteroatoms. The van der Waals surface area contributed by atoms with Crippen molar-refractivity contribution in [2.45, 2.75) is 61.3 Å². The molecule has 0 aliphatic rings. The maximum atomic E-state index is 11.2. The number of hydrogen-bond donors (Lipinski definition) is 1. The van der Waals surface area contributed by atoms with Crippen molar-refractivity contribution in [3.8, 4) is 22.3 Å². The molecule has 3 rings (SSSR count). The molecule has 0 atom stereocenters. The molecule has 182 valence electrons. The zero-order valence-electron chi connectivity index (χ0n) is 21.8. The molecule has 0 heterocycles. The Morgan fingerprint density at radius 2 is 0.794 bits per heavy atom. The van der Waals surface area contributed by atoms with Crippen LogP contribution in [-0.2, 0) is 22.4 Å². The average molecular weight is 461 g/mol. The van der Waals surface area contributed by atoms with E-state index in [0.717, 1.165) is 45.2 Å². The van der Waals surface area contributed by atoms with Crippen LogP contribution < -0.4 is 0 Å². The molecule has 0 aromatic heterocycles. The van der Waals surface area contributed by atoms with Crippen molar-refractivity contribution >= 4 is 11.8 Å². The highest BCUT2D eigenvalue weighted by atomic mass is 16.4. The van der Waals surface area contributed by atoms with E-state index >= 15 is 0 Å². The number of carbonyl (C=O) groups excluding carboxylic acids is 1. The topological polar surface area (TPSA) is 54.4 Å². The molecular weight excluding hydrogens is 420 g/mol. The van der Waals surface area contributed by atoms with Gasteiger partial charge in [-0.1, -0.05) is 114 Å². The molecule has 0 aliphatic heterocycles. The molecule has 3 nitrogen and oxygen atoms in total. The molecule has 3 aromatic rings. The molecule has 0 saturated heterocycles. The number of carboxylic acids is 1. The highest BCUT2D eigenvalue weighted by Gasteiger charge is 2.04. The van der Waals surface area contributed by atoms with Gasteiger partial charge in [0.15, 0.2) is 0 Å². The molecule has 3 aromatic carbocycles. The van der Waals surface area contributed by atoms with Gasteiger partial charge < -0.3 is 5.11 Å². The van der Waals surface area contributed by atoms with E-state index in [4.69, 9.17) is 5.11 Å². The first-order valence-electron chi connectivity index (χ1n) is 12.0. The van der Waals surface area contributed by atoms with Crippen molar-refractivity contribution in [3.05, 3.63) is 83.9 Å². The van der Waals surface area contributed by atoms with E-state index in [2.05, 4.69) is 65.8 Å². The predicted octanol–water partition coefficient (Wildman–Crippen LogP) is 8.10. The second-order valence-electron chi connectivity index (χ2n) is 9.88. The number of hydrogen-bond acceptors (Lipinski definition) is 2. The van der Waals surface area contributed by atoms with Crippen LogP contribution >= 0.6 is 0 Å². The first kappa shape index (κ1) is 28.8. The maximum Gasteiger partial charge on any atom is 0.307 e. The Kier molecular flexibility index (Phi) is 12.6. The molecule has 0 fully saturated rings. The quantitative estimate of drug-likeness (QED) is 0.404. The largest absolute Gasteiger partial charge is 0.481 e. The minimum Gasteiger partial charge on any atom is -0.481 e. The molecular formula is C31H40O3. The van der Waals surface area contributed by atoms with Gasteiger partial charge in [-0.15, -0.1) is 0 Å². The third-order valence-electron chi connectivity index (χ3n) is 4.27. The van der Waals surface area contributed by atoms with Crippen LogP contribution in [0.1, 0.15) is 59.6 Å². The molecule has 34 heavy (non-hydrogen) atoms. The molecule has 0 amide bonds. The van der Waals surface area contributed by atoms with Crippen molar-refractivity contribution in [2.75, 3.05) is 0 Å². The van der Waals surface area contributed by atoms with Gasteiger partial charge in [-0.05, 0) is 52.1 Å². The lowest BCUT2D eigenvalue weighted by molar-refractivity contribution is -0.136. The summed E-state index contributed by atoms with van der Waals surface area (Å²) in [7, 11) is 0. The first-order valence-corrected chi connectivity index (χ1v) is 12.0. The van der Waals surface area contributed by atoms with E-state index in [1.165, 1.54) is 0 Å². The zero-order chi connectivity index (χ0) is 25.7. The predicted molar refractivity (Wildman–Crippen MR) is 144 cm³/mol.